The van der Waals surface area contributed by atoms with Gasteiger partial charge in [-0.25, -0.2) is 22.0 Å². The van der Waals surface area contributed by atoms with Crippen LogP contribution in [0.25, 0.3) is 0 Å². The van der Waals surface area contributed by atoms with Crippen molar-refractivity contribution in [3.63, 3.8) is 0 Å². The Bertz CT molecular complexity index is 1230. The number of carbonyl (C=O) groups excluding carboxylic acids is 2. The highest BCUT2D eigenvalue weighted by atomic mass is 32.2. The molecule has 1 aliphatic rings. The second-order valence-corrected chi connectivity index (χ2v) is 10.8. The van der Waals surface area contributed by atoms with E-state index in [4.69, 9.17) is 9.88 Å². The summed E-state index contributed by atoms with van der Waals surface area (Å²) in [7, 11) is -7.83. The topological polar surface area (TPSA) is 153 Å². The maximum Gasteiger partial charge on any atom is 0.324 e. The Morgan fingerprint density at radius 2 is 1.78 bits per heavy atom. The molecule has 1 aliphatic heterocycles. The number of anilines is 1. The highest BCUT2D eigenvalue weighted by Crippen LogP contribution is 2.27. The molecular weight excluding hydrogens is 458 g/mol. The van der Waals surface area contributed by atoms with Crippen molar-refractivity contribution in [1.29, 1.82) is 0 Å². The van der Waals surface area contributed by atoms with Crippen LogP contribution in [0.5, 0.6) is 0 Å². The van der Waals surface area contributed by atoms with E-state index in [0.29, 0.717) is 6.42 Å². The van der Waals surface area contributed by atoms with E-state index in [-0.39, 0.29) is 28.4 Å². The number of ether oxygens (including phenoxy) is 1. The number of hydrogen-bond donors (Lipinski definition) is 2. The van der Waals surface area contributed by atoms with Gasteiger partial charge in [0.25, 0.3) is 5.91 Å². The Morgan fingerprint density at radius 3 is 2.44 bits per heavy atom. The molecule has 0 aliphatic carbocycles. The number of benzene rings is 2. The van der Waals surface area contributed by atoms with Crippen LogP contribution in [0, 0.1) is 6.92 Å². The van der Waals surface area contributed by atoms with E-state index in [1.807, 2.05) is 6.92 Å². The van der Waals surface area contributed by atoms with Gasteiger partial charge in [-0.3, -0.25) is 9.59 Å². The summed E-state index contributed by atoms with van der Waals surface area (Å²) in [5, 5.41) is 7.46. The molecule has 0 spiro atoms. The summed E-state index contributed by atoms with van der Waals surface area (Å²) in [6.45, 7) is 1.35. The summed E-state index contributed by atoms with van der Waals surface area (Å²) in [4.78, 5) is 24.5. The largest absolute Gasteiger partial charge is 0.454 e. The lowest BCUT2D eigenvalue weighted by atomic mass is 10.2. The Kier molecular flexibility index (Phi) is 6.98. The zero-order valence-corrected chi connectivity index (χ0v) is 18.9. The minimum atomic E-state index is -3.94. The fourth-order valence-electron chi connectivity index (χ4n) is 3.29. The molecular formula is C20H23N3O7S2. The number of hydrogen-bond acceptors (Lipinski definition) is 7. The first-order chi connectivity index (χ1) is 15.0. The molecule has 172 valence electrons. The van der Waals surface area contributed by atoms with Gasteiger partial charge >= 0.3 is 5.97 Å². The first-order valence-electron chi connectivity index (χ1n) is 9.66. The van der Waals surface area contributed by atoms with Gasteiger partial charge in [-0.1, -0.05) is 23.8 Å². The number of esters is 1. The number of carbonyl (C=O) groups is 2. The molecule has 0 bridgehead atoms. The van der Waals surface area contributed by atoms with Gasteiger partial charge in [0.2, 0.25) is 20.0 Å². The molecule has 1 atom stereocenters. The third-order valence-corrected chi connectivity index (χ3v) is 7.73. The molecule has 3 N–H and O–H groups in total. The molecule has 12 heteroatoms. The van der Waals surface area contributed by atoms with Crippen molar-refractivity contribution < 1.29 is 31.2 Å². The first-order valence-corrected chi connectivity index (χ1v) is 12.6. The molecule has 1 heterocycles. The van der Waals surface area contributed by atoms with E-state index in [1.165, 1.54) is 36.4 Å². The number of amides is 1. The van der Waals surface area contributed by atoms with Crippen molar-refractivity contribution in [3.05, 3.63) is 54.1 Å². The van der Waals surface area contributed by atoms with E-state index in [9.17, 15) is 26.4 Å². The summed E-state index contributed by atoms with van der Waals surface area (Å²) in [5.74, 6) is -1.54. The van der Waals surface area contributed by atoms with Gasteiger partial charge in [0.15, 0.2) is 6.61 Å². The molecule has 0 aromatic heterocycles. The van der Waals surface area contributed by atoms with Crippen LogP contribution in [0.4, 0.5) is 5.69 Å². The number of rotatable bonds is 7. The maximum absolute atomic E-state index is 12.9. The maximum atomic E-state index is 12.9. The predicted molar refractivity (Wildman–Crippen MR) is 115 cm³/mol. The quantitative estimate of drug-likeness (QED) is 0.559. The molecule has 0 radical (unpaired) electrons. The number of nitrogens with one attached hydrogen (secondary N) is 1. The SMILES string of the molecule is Cc1ccc(S(=O)(=O)N2CCCC2C(=O)OCC(=O)Nc2cccc(S(N)(=O)=O)c2)cc1. The number of nitrogens with zero attached hydrogens (tertiary/aromatic N) is 1. The monoisotopic (exact) mass is 481 g/mol. The number of primary sulfonamides is 1. The van der Waals surface area contributed by atoms with Crippen LogP contribution in [-0.4, -0.2) is 52.2 Å². The zero-order chi connectivity index (χ0) is 23.5. The summed E-state index contributed by atoms with van der Waals surface area (Å²) < 4.78 is 54.8. The molecule has 0 saturated carbocycles. The van der Waals surface area contributed by atoms with Crippen LogP contribution < -0.4 is 10.5 Å². The van der Waals surface area contributed by atoms with Gasteiger partial charge in [-0.05, 0) is 50.1 Å². The fraction of sp³-hybridized carbons (Fsp3) is 0.300. The summed E-state index contributed by atoms with van der Waals surface area (Å²) in [5.41, 5.74) is 1.06. The van der Waals surface area contributed by atoms with Gasteiger partial charge in [0.1, 0.15) is 6.04 Å². The number of nitrogens with two attached hydrogens (primary N) is 1. The van der Waals surface area contributed by atoms with Crippen molar-refractivity contribution >= 4 is 37.6 Å². The first kappa shape index (κ1) is 23.9. The van der Waals surface area contributed by atoms with Gasteiger partial charge in [0, 0.05) is 12.2 Å². The lowest BCUT2D eigenvalue weighted by Gasteiger charge is -2.22. The van der Waals surface area contributed by atoms with Gasteiger partial charge in [-0.15, -0.1) is 0 Å². The van der Waals surface area contributed by atoms with Crippen LogP contribution in [0.2, 0.25) is 0 Å². The van der Waals surface area contributed by atoms with E-state index < -0.39 is 44.6 Å². The molecule has 32 heavy (non-hydrogen) atoms. The fourth-order valence-corrected chi connectivity index (χ4v) is 5.50. The highest BCUT2D eigenvalue weighted by molar-refractivity contribution is 7.89. The average molecular weight is 482 g/mol. The van der Waals surface area contributed by atoms with Crippen molar-refractivity contribution in [2.75, 3.05) is 18.5 Å². The smallest absolute Gasteiger partial charge is 0.324 e. The molecule has 1 amide bonds. The van der Waals surface area contributed by atoms with Crippen molar-refractivity contribution in [3.8, 4) is 0 Å². The van der Waals surface area contributed by atoms with E-state index in [2.05, 4.69) is 5.32 Å². The molecule has 2 aromatic rings. The van der Waals surface area contributed by atoms with Gasteiger partial charge in [-0.2, -0.15) is 4.31 Å². The number of sulfonamides is 2. The van der Waals surface area contributed by atoms with Gasteiger partial charge < -0.3 is 10.1 Å². The molecule has 1 unspecified atom stereocenters. The van der Waals surface area contributed by atoms with Crippen LogP contribution in [0.3, 0.4) is 0 Å². The Morgan fingerprint density at radius 1 is 1.09 bits per heavy atom. The zero-order valence-electron chi connectivity index (χ0n) is 17.2. The van der Waals surface area contributed by atoms with Crippen LogP contribution in [-0.2, 0) is 34.4 Å². The summed E-state index contributed by atoms with van der Waals surface area (Å²) >= 11 is 0. The minimum absolute atomic E-state index is 0.0790. The predicted octanol–water partition coefficient (Wildman–Crippen LogP) is 0.977. The van der Waals surface area contributed by atoms with Crippen LogP contribution in [0.15, 0.2) is 58.3 Å². The number of aryl methyl sites for hydroxylation is 1. The van der Waals surface area contributed by atoms with Gasteiger partial charge in [0.05, 0.1) is 9.79 Å². The van der Waals surface area contributed by atoms with E-state index in [1.54, 1.807) is 12.1 Å². The normalized spacial score (nSPS) is 17.1. The standard InChI is InChI=1S/C20H23N3O7S2/c1-14-7-9-16(10-8-14)32(28,29)23-11-3-6-18(23)20(25)30-13-19(24)22-15-4-2-5-17(12-15)31(21,26)27/h2,4-5,7-10,12,18H,3,6,11,13H2,1H3,(H,22,24)(H2,21,26,27). The summed E-state index contributed by atoms with van der Waals surface area (Å²) in [6.07, 6.45) is 0.763. The van der Waals surface area contributed by atoms with Crippen LogP contribution >= 0.6 is 0 Å². The highest BCUT2D eigenvalue weighted by Gasteiger charge is 2.40. The lowest BCUT2D eigenvalue weighted by Crippen LogP contribution is -2.42. The van der Waals surface area contributed by atoms with E-state index >= 15 is 0 Å². The van der Waals surface area contributed by atoms with Crippen molar-refractivity contribution in [1.82, 2.24) is 4.31 Å². The van der Waals surface area contributed by atoms with E-state index in [0.717, 1.165) is 9.87 Å². The van der Waals surface area contributed by atoms with Crippen molar-refractivity contribution in [2.45, 2.75) is 35.6 Å². The Balaban J connectivity index is 1.63. The molecule has 1 fully saturated rings. The van der Waals surface area contributed by atoms with Crippen molar-refractivity contribution in [2.24, 2.45) is 5.14 Å². The minimum Gasteiger partial charge on any atom is -0.454 e. The third kappa shape index (κ3) is 5.51. The third-order valence-electron chi connectivity index (χ3n) is 4.90. The molecule has 10 nitrogen and oxygen atoms in total. The second kappa shape index (κ2) is 9.36. The van der Waals surface area contributed by atoms with Crippen LogP contribution in [0.1, 0.15) is 18.4 Å². The molecule has 1 saturated heterocycles. The second-order valence-electron chi connectivity index (χ2n) is 7.32. The average Bonchev–Trinajstić information content (AvgIpc) is 3.23. The Hall–Kier alpha value is -2.80. The molecule has 2 aromatic carbocycles. The lowest BCUT2D eigenvalue weighted by molar-refractivity contribution is -0.150. The summed E-state index contributed by atoms with van der Waals surface area (Å²) in [6, 6.07) is 10.6. The Labute approximate surface area is 186 Å². The molecule has 3 rings (SSSR count).